The molecule has 1 amide bonds. The van der Waals surface area contributed by atoms with Gasteiger partial charge in [0.15, 0.2) is 5.65 Å². The van der Waals surface area contributed by atoms with Crippen molar-refractivity contribution in [2.75, 3.05) is 20.2 Å². The van der Waals surface area contributed by atoms with E-state index in [0.29, 0.717) is 24.4 Å². The van der Waals surface area contributed by atoms with Crippen molar-refractivity contribution in [2.45, 2.75) is 20.8 Å². The summed E-state index contributed by atoms with van der Waals surface area (Å²) in [6.07, 6.45) is 0. The number of hydrogen-bond donors (Lipinski definition) is 0. The van der Waals surface area contributed by atoms with Gasteiger partial charge in [0.25, 0.3) is 5.91 Å². The number of aromatic nitrogens is 3. The second-order valence-electron chi connectivity index (χ2n) is 8.23. The van der Waals surface area contributed by atoms with Crippen molar-refractivity contribution in [3.05, 3.63) is 77.0 Å². The number of amides is 1. The van der Waals surface area contributed by atoms with Crippen LogP contribution in [0.3, 0.4) is 0 Å². The maximum Gasteiger partial charge on any atom is 0.254 e. The summed E-state index contributed by atoms with van der Waals surface area (Å²) in [5.41, 5.74) is 6.12. The molecule has 0 radical (unpaired) electrons. The van der Waals surface area contributed by atoms with E-state index in [2.05, 4.69) is 11.2 Å². The Morgan fingerprint density at radius 2 is 1.72 bits per heavy atom. The van der Waals surface area contributed by atoms with Crippen molar-refractivity contribution in [2.24, 2.45) is 7.05 Å². The first-order chi connectivity index (χ1) is 15.3. The molecule has 0 saturated heterocycles. The van der Waals surface area contributed by atoms with Gasteiger partial charge in [-0.05, 0) is 50.1 Å². The van der Waals surface area contributed by atoms with Crippen molar-refractivity contribution in [1.82, 2.24) is 19.7 Å². The first-order valence-corrected chi connectivity index (χ1v) is 10.7. The number of pyridine rings is 1. The van der Waals surface area contributed by atoms with Crippen LogP contribution < -0.4 is 4.74 Å². The Bertz CT molecular complexity index is 1260. The fraction of sp³-hybridized carbons (Fsp3) is 0.269. The fourth-order valence-electron chi connectivity index (χ4n) is 3.99. The molecule has 32 heavy (non-hydrogen) atoms. The van der Waals surface area contributed by atoms with Gasteiger partial charge in [-0.25, -0.2) is 4.98 Å². The molecule has 0 N–H and O–H groups in total. The molecular formula is C26H28N4O2. The van der Waals surface area contributed by atoms with Gasteiger partial charge >= 0.3 is 0 Å². The summed E-state index contributed by atoms with van der Waals surface area (Å²) in [5, 5.41) is 5.30. The molecule has 0 atom stereocenters. The van der Waals surface area contributed by atoms with Gasteiger partial charge in [-0.3, -0.25) is 9.48 Å². The predicted octanol–water partition coefficient (Wildman–Crippen LogP) is 4.71. The number of benzene rings is 2. The van der Waals surface area contributed by atoms with Crippen LogP contribution in [-0.4, -0.2) is 45.8 Å². The lowest BCUT2D eigenvalue weighted by molar-refractivity contribution is 0.0775. The Morgan fingerprint density at radius 1 is 1.03 bits per heavy atom. The number of fused-ring (bicyclic) bond motifs is 1. The first kappa shape index (κ1) is 21.6. The molecule has 0 aliphatic heterocycles. The normalized spacial score (nSPS) is 11.0. The average Bonchev–Trinajstić information content (AvgIpc) is 3.06. The van der Waals surface area contributed by atoms with E-state index >= 15 is 0 Å². The summed E-state index contributed by atoms with van der Waals surface area (Å²) in [6, 6.07) is 17.9. The van der Waals surface area contributed by atoms with Crippen LogP contribution >= 0.6 is 0 Å². The highest BCUT2D eigenvalue weighted by atomic mass is 16.5. The third kappa shape index (κ3) is 4.35. The van der Waals surface area contributed by atoms with Crippen molar-refractivity contribution in [3.8, 4) is 17.0 Å². The number of carbonyl (C=O) groups excluding carboxylic acids is 1. The molecule has 4 rings (SSSR count). The Hall–Kier alpha value is -3.67. The molecule has 6 nitrogen and oxygen atoms in total. The van der Waals surface area contributed by atoms with E-state index in [4.69, 9.17) is 9.72 Å². The Kier molecular flexibility index (Phi) is 5.95. The van der Waals surface area contributed by atoms with E-state index < -0.39 is 0 Å². The highest BCUT2D eigenvalue weighted by Gasteiger charge is 2.21. The number of carbonyl (C=O) groups is 1. The number of rotatable bonds is 6. The molecule has 0 bridgehead atoms. The summed E-state index contributed by atoms with van der Waals surface area (Å²) >= 11 is 0. The van der Waals surface area contributed by atoms with E-state index in [1.54, 1.807) is 16.6 Å². The molecule has 0 aliphatic rings. The van der Waals surface area contributed by atoms with E-state index in [9.17, 15) is 4.79 Å². The second-order valence-corrected chi connectivity index (χ2v) is 8.23. The number of hydrogen-bond acceptors (Lipinski definition) is 4. The summed E-state index contributed by atoms with van der Waals surface area (Å²) in [7, 11) is 3.65. The van der Waals surface area contributed by atoms with Crippen LogP contribution in [0.2, 0.25) is 0 Å². The quantitative estimate of drug-likeness (QED) is 0.446. The molecule has 164 valence electrons. The van der Waals surface area contributed by atoms with Gasteiger partial charge in [0.2, 0.25) is 0 Å². The average molecular weight is 429 g/mol. The van der Waals surface area contributed by atoms with Crippen LogP contribution in [0.25, 0.3) is 22.3 Å². The summed E-state index contributed by atoms with van der Waals surface area (Å²) in [4.78, 5) is 19.9. The number of nitrogens with zero attached hydrogens (tertiary/aromatic N) is 4. The maximum absolute atomic E-state index is 13.5. The smallest absolute Gasteiger partial charge is 0.254 e. The van der Waals surface area contributed by atoms with Crippen molar-refractivity contribution < 1.29 is 9.53 Å². The lowest BCUT2D eigenvalue weighted by atomic mass is 10.0. The minimum absolute atomic E-state index is 0.0743. The second kappa shape index (κ2) is 8.83. The van der Waals surface area contributed by atoms with Gasteiger partial charge in [0.05, 0.1) is 28.9 Å². The number of ether oxygens (including phenoxy) is 1. The molecule has 0 unspecified atom stereocenters. The fourth-order valence-corrected chi connectivity index (χ4v) is 3.99. The summed E-state index contributed by atoms with van der Waals surface area (Å²) in [6.45, 7) is 6.88. The summed E-state index contributed by atoms with van der Waals surface area (Å²) < 4.78 is 7.64. The van der Waals surface area contributed by atoms with Gasteiger partial charge in [0.1, 0.15) is 12.4 Å². The predicted molar refractivity (Wildman–Crippen MR) is 127 cm³/mol. The number of aryl methyl sites for hydroxylation is 4. The van der Waals surface area contributed by atoms with Gasteiger partial charge in [-0.2, -0.15) is 5.10 Å². The largest absolute Gasteiger partial charge is 0.492 e. The molecule has 0 saturated carbocycles. The highest BCUT2D eigenvalue weighted by Crippen LogP contribution is 2.27. The van der Waals surface area contributed by atoms with Crippen molar-refractivity contribution in [3.63, 3.8) is 0 Å². The van der Waals surface area contributed by atoms with E-state index in [1.807, 2.05) is 76.3 Å². The maximum atomic E-state index is 13.5. The zero-order chi connectivity index (χ0) is 22.8. The molecule has 0 spiro atoms. The molecule has 0 fully saturated rings. The molecular weight excluding hydrogens is 400 g/mol. The molecule has 2 aromatic carbocycles. The minimum Gasteiger partial charge on any atom is -0.492 e. The van der Waals surface area contributed by atoms with Crippen LogP contribution in [0, 0.1) is 20.8 Å². The van der Waals surface area contributed by atoms with Gasteiger partial charge in [0, 0.05) is 19.7 Å². The van der Waals surface area contributed by atoms with Crippen LogP contribution in [0.4, 0.5) is 0 Å². The standard InChI is InChI=1S/C26H28N4O2/c1-17-13-18(2)15-21(14-17)32-12-11-29(4)26(31)22-16-23(20-9-7-6-8-10-20)27-25-24(22)19(3)28-30(25)5/h6-10,13-16H,11-12H2,1-5H3. The third-order valence-electron chi connectivity index (χ3n) is 5.51. The van der Waals surface area contributed by atoms with Crippen molar-refractivity contribution >= 4 is 16.9 Å². The SMILES string of the molecule is Cc1cc(C)cc(OCCN(C)C(=O)c2cc(-c3ccccc3)nc3c2c(C)nn3C)c1. The van der Waals surface area contributed by atoms with E-state index in [1.165, 1.54) is 0 Å². The Balaban J connectivity index is 1.60. The minimum atomic E-state index is -0.0743. The molecule has 0 aliphatic carbocycles. The van der Waals surface area contributed by atoms with Crippen LogP contribution in [0.5, 0.6) is 5.75 Å². The van der Waals surface area contributed by atoms with Crippen molar-refractivity contribution in [1.29, 1.82) is 0 Å². The Morgan fingerprint density at radius 3 is 2.41 bits per heavy atom. The highest BCUT2D eigenvalue weighted by molar-refractivity contribution is 6.07. The topological polar surface area (TPSA) is 60.2 Å². The Labute approximate surface area is 188 Å². The van der Waals surface area contributed by atoms with Crippen LogP contribution in [-0.2, 0) is 7.05 Å². The molecule has 2 heterocycles. The zero-order valence-corrected chi connectivity index (χ0v) is 19.2. The van der Waals surface area contributed by atoms with E-state index in [-0.39, 0.29) is 5.91 Å². The zero-order valence-electron chi connectivity index (χ0n) is 19.2. The van der Waals surface area contributed by atoms with E-state index in [0.717, 1.165) is 39.2 Å². The van der Waals surface area contributed by atoms with Crippen LogP contribution in [0.15, 0.2) is 54.6 Å². The molecule has 6 heteroatoms. The van der Waals surface area contributed by atoms with Gasteiger partial charge < -0.3 is 9.64 Å². The van der Waals surface area contributed by atoms with Gasteiger partial charge in [-0.1, -0.05) is 36.4 Å². The van der Waals surface area contributed by atoms with Crippen LogP contribution in [0.1, 0.15) is 27.2 Å². The molecule has 2 aromatic heterocycles. The first-order valence-electron chi connectivity index (χ1n) is 10.7. The number of likely N-dealkylation sites (N-methyl/N-ethyl adjacent to an activating group) is 1. The third-order valence-corrected chi connectivity index (χ3v) is 5.51. The lowest BCUT2D eigenvalue weighted by Gasteiger charge is -2.19. The monoisotopic (exact) mass is 428 g/mol. The van der Waals surface area contributed by atoms with Gasteiger partial charge in [-0.15, -0.1) is 0 Å². The summed E-state index contributed by atoms with van der Waals surface area (Å²) in [5.74, 6) is 0.749. The molecule has 4 aromatic rings. The lowest BCUT2D eigenvalue weighted by Crippen LogP contribution is -2.31.